The molecule has 0 nitrogen and oxygen atoms in total. The van der Waals surface area contributed by atoms with Gasteiger partial charge in [-0.1, -0.05) is 77.8 Å². The van der Waals surface area contributed by atoms with Gasteiger partial charge in [0.05, 0.1) is 0 Å². The molecule has 0 aliphatic heterocycles. The molecule has 0 radical (unpaired) electrons. The molecule has 0 unspecified atom stereocenters. The van der Waals surface area contributed by atoms with Crippen LogP contribution >= 0.6 is 31.1 Å². The molecular weight excluding hydrogens is 318 g/mol. The lowest BCUT2D eigenvalue weighted by molar-refractivity contribution is 1.73. The summed E-state index contributed by atoms with van der Waals surface area (Å²) in [7, 11) is -0.647. The lowest BCUT2D eigenvalue weighted by atomic mass is 10.3. The zero-order valence-corrected chi connectivity index (χ0v) is 13.6. The number of hydrogen-bond acceptors (Lipinski definition) is 0. The van der Waals surface area contributed by atoms with Gasteiger partial charge in [0, 0.05) is 10.0 Å². The minimum absolute atomic E-state index is 0.647. The van der Waals surface area contributed by atoms with E-state index in [-0.39, 0.29) is 0 Å². The monoisotopic (exact) mass is 330 g/mol. The molecule has 3 aromatic carbocycles. The van der Waals surface area contributed by atoms with Gasteiger partial charge in [0.1, 0.15) is 0 Å². The first kappa shape index (κ1) is 14.6. The van der Waals surface area contributed by atoms with Crippen LogP contribution in [0.5, 0.6) is 0 Å². The van der Waals surface area contributed by atoms with Gasteiger partial charge >= 0.3 is 0 Å². The summed E-state index contributed by atoms with van der Waals surface area (Å²) in [5.74, 6) is 0. The Balaban J connectivity index is 2.16. The largest absolute Gasteiger partial charge is 0.0843 e. The summed E-state index contributed by atoms with van der Waals surface area (Å²) in [5.41, 5.74) is 0. The van der Waals surface area contributed by atoms with E-state index >= 15 is 0 Å². The van der Waals surface area contributed by atoms with E-state index in [1.807, 2.05) is 42.5 Å². The smallest absolute Gasteiger partial charge is 0.0412 e. The Morgan fingerprint density at radius 3 is 1.48 bits per heavy atom. The molecule has 0 N–H and O–H groups in total. The molecule has 0 spiro atoms. The third-order valence-electron chi connectivity index (χ3n) is 3.15. The van der Waals surface area contributed by atoms with Gasteiger partial charge in [-0.3, -0.25) is 0 Å². The minimum atomic E-state index is -0.647. The third-order valence-corrected chi connectivity index (χ3v) is 6.02. The Bertz CT molecular complexity index is 695. The van der Waals surface area contributed by atoms with E-state index in [2.05, 4.69) is 36.4 Å². The Morgan fingerprint density at radius 1 is 0.524 bits per heavy atom. The second-order valence-electron chi connectivity index (χ2n) is 4.63. The van der Waals surface area contributed by atoms with E-state index in [0.29, 0.717) is 0 Å². The van der Waals surface area contributed by atoms with Crippen LogP contribution in [0.15, 0.2) is 78.9 Å². The molecule has 0 bridgehead atoms. The Hall–Kier alpha value is -1.33. The summed E-state index contributed by atoms with van der Waals surface area (Å²) < 4.78 is 0. The standard InChI is InChI=1S/C18H13Cl2P/c19-14-6-4-10-17(12-14)21(16-8-2-1-3-9-16)18-11-5-7-15(20)13-18/h1-13H. The van der Waals surface area contributed by atoms with Gasteiger partial charge in [-0.25, -0.2) is 0 Å². The van der Waals surface area contributed by atoms with E-state index in [1.54, 1.807) is 0 Å². The molecular formula is C18H13Cl2P. The molecule has 0 aliphatic carbocycles. The topological polar surface area (TPSA) is 0 Å². The van der Waals surface area contributed by atoms with Crippen LogP contribution in [0.3, 0.4) is 0 Å². The first-order valence-corrected chi connectivity index (χ1v) is 8.70. The number of rotatable bonds is 3. The number of benzene rings is 3. The normalized spacial score (nSPS) is 10.8. The highest BCUT2D eigenvalue weighted by molar-refractivity contribution is 7.79. The van der Waals surface area contributed by atoms with Gasteiger partial charge < -0.3 is 0 Å². The molecule has 0 aliphatic rings. The molecule has 0 atom stereocenters. The van der Waals surface area contributed by atoms with Crippen molar-refractivity contribution in [2.24, 2.45) is 0 Å². The molecule has 21 heavy (non-hydrogen) atoms. The van der Waals surface area contributed by atoms with Gasteiger partial charge in [0.15, 0.2) is 0 Å². The minimum Gasteiger partial charge on any atom is -0.0843 e. The maximum Gasteiger partial charge on any atom is 0.0412 e. The molecule has 0 saturated carbocycles. The highest BCUT2D eigenvalue weighted by atomic mass is 35.5. The first-order valence-electron chi connectivity index (χ1n) is 6.60. The van der Waals surface area contributed by atoms with E-state index in [1.165, 1.54) is 15.9 Å². The molecule has 0 fully saturated rings. The van der Waals surface area contributed by atoms with Crippen LogP contribution in [0, 0.1) is 0 Å². The van der Waals surface area contributed by atoms with Crippen molar-refractivity contribution < 1.29 is 0 Å². The summed E-state index contributed by atoms with van der Waals surface area (Å²) in [6.45, 7) is 0. The van der Waals surface area contributed by atoms with Crippen molar-refractivity contribution in [3.8, 4) is 0 Å². The quantitative estimate of drug-likeness (QED) is 0.608. The fraction of sp³-hybridized carbons (Fsp3) is 0. The van der Waals surface area contributed by atoms with Crippen LogP contribution in [0.25, 0.3) is 0 Å². The van der Waals surface area contributed by atoms with Crippen LogP contribution in [0.1, 0.15) is 0 Å². The molecule has 3 heteroatoms. The van der Waals surface area contributed by atoms with Crippen molar-refractivity contribution in [3.05, 3.63) is 88.9 Å². The fourth-order valence-electron chi connectivity index (χ4n) is 2.25. The van der Waals surface area contributed by atoms with Gasteiger partial charge in [0.2, 0.25) is 0 Å². The second kappa shape index (κ2) is 6.62. The van der Waals surface area contributed by atoms with E-state index in [9.17, 15) is 0 Å². The Morgan fingerprint density at radius 2 is 1.00 bits per heavy atom. The van der Waals surface area contributed by atoms with Gasteiger partial charge in [-0.2, -0.15) is 0 Å². The van der Waals surface area contributed by atoms with E-state index in [0.717, 1.165) is 10.0 Å². The van der Waals surface area contributed by atoms with Crippen molar-refractivity contribution in [2.75, 3.05) is 0 Å². The zero-order chi connectivity index (χ0) is 14.7. The zero-order valence-electron chi connectivity index (χ0n) is 11.2. The molecule has 3 rings (SSSR count). The van der Waals surface area contributed by atoms with Gasteiger partial charge in [-0.05, 0) is 48.1 Å². The summed E-state index contributed by atoms with van der Waals surface area (Å²) in [5, 5.41) is 5.27. The van der Waals surface area contributed by atoms with Crippen molar-refractivity contribution in [1.82, 2.24) is 0 Å². The summed E-state index contributed by atoms with van der Waals surface area (Å²) in [4.78, 5) is 0. The number of hydrogen-bond donors (Lipinski definition) is 0. The highest BCUT2D eigenvalue weighted by Gasteiger charge is 2.16. The van der Waals surface area contributed by atoms with Crippen molar-refractivity contribution >= 4 is 47.0 Å². The maximum atomic E-state index is 6.18. The highest BCUT2D eigenvalue weighted by Crippen LogP contribution is 2.34. The average molecular weight is 331 g/mol. The molecule has 3 aromatic rings. The lowest BCUT2D eigenvalue weighted by Gasteiger charge is -2.19. The second-order valence-corrected chi connectivity index (χ2v) is 7.72. The molecule has 0 aromatic heterocycles. The number of halogens is 2. The van der Waals surface area contributed by atoms with Crippen LogP contribution in [-0.4, -0.2) is 0 Å². The molecule has 0 saturated heterocycles. The van der Waals surface area contributed by atoms with Gasteiger partial charge in [0.25, 0.3) is 0 Å². The predicted molar refractivity (Wildman–Crippen MR) is 95.2 cm³/mol. The summed E-state index contributed by atoms with van der Waals surface area (Å²) >= 11 is 12.4. The lowest BCUT2D eigenvalue weighted by Crippen LogP contribution is -2.20. The summed E-state index contributed by atoms with van der Waals surface area (Å²) in [6.07, 6.45) is 0. The SMILES string of the molecule is Clc1cccc(P(c2ccccc2)c2cccc(Cl)c2)c1. The van der Waals surface area contributed by atoms with Crippen LogP contribution in [0.2, 0.25) is 10.0 Å². The Labute approximate surface area is 136 Å². The fourth-order valence-corrected chi connectivity index (χ4v) is 5.16. The van der Waals surface area contributed by atoms with E-state index in [4.69, 9.17) is 23.2 Å². The summed E-state index contributed by atoms with van der Waals surface area (Å²) in [6, 6.07) is 26.6. The Kier molecular flexibility index (Phi) is 4.60. The van der Waals surface area contributed by atoms with Crippen LogP contribution in [-0.2, 0) is 0 Å². The van der Waals surface area contributed by atoms with Crippen molar-refractivity contribution in [3.63, 3.8) is 0 Å². The first-order chi connectivity index (χ1) is 10.2. The molecule has 0 heterocycles. The van der Waals surface area contributed by atoms with Gasteiger partial charge in [-0.15, -0.1) is 0 Å². The predicted octanol–water partition coefficient (Wildman–Crippen LogP) is 4.75. The molecule has 104 valence electrons. The van der Waals surface area contributed by atoms with E-state index < -0.39 is 7.92 Å². The third kappa shape index (κ3) is 3.47. The van der Waals surface area contributed by atoms with Crippen LogP contribution in [0.4, 0.5) is 0 Å². The van der Waals surface area contributed by atoms with Crippen LogP contribution < -0.4 is 15.9 Å². The average Bonchev–Trinajstić information content (AvgIpc) is 2.49. The van der Waals surface area contributed by atoms with Crippen molar-refractivity contribution in [2.45, 2.75) is 0 Å². The van der Waals surface area contributed by atoms with Crippen molar-refractivity contribution in [1.29, 1.82) is 0 Å². The molecule has 0 amide bonds. The maximum absolute atomic E-state index is 6.18.